The Labute approximate surface area is 223 Å². The first-order chi connectivity index (χ1) is 17.1. The Morgan fingerprint density at radius 1 is 0.743 bits per heavy atom. The van der Waals surface area contributed by atoms with Crippen LogP contribution >= 0.6 is 34.8 Å². The van der Waals surface area contributed by atoms with Crippen molar-refractivity contribution in [2.75, 3.05) is 62.3 Å². The second kappa shape index (κ2) is 13.3. The van der Waals surface area contributed by atoms with E-state index in [0.717, 1.165) is 87.0 Å². The van der Waals surface area contributed by atoms with E-state index in [0.29, 0.717) is 5.02 Å². The highest BCUT2D eigenvalue weighted by Gasteiger charge is 2.18. The van der Waals surface area contributed by atoms with E-state index >= 15 is 0 Å². The molecule has 3 heterocycles. The van der Waals surface area contributed by atoms with Gasteiger partial charge < -0.3 is 14.5 Å². The number of hydrogen-bond donors (Lipinski definition) is 0. The van der Waals surface area contributed by atoms with Crippen LogP contribution in [0, 0.1) is 0 Å². The van der Waals surface area contributed by atoms with E-state index in [2.05, 4.69) is 31.8 Å². The van der Waals surface area contributed by atoms with E-state index < -0.39 is 0 Å². The summed E-state index contributed by atoms with van der Waals surface area (Å²) in [4.78, 5) is 11.8. The zero-order valence-corrected chi connectivity index (χ0v) is 22.0. The molecule has 35 heavy (non-hydrogen) atoms. The molecular formula is C27H31Cl3N4O. The van der Waals surface area contributed by atoms with Crippen molar-refractivity contribution in [1.82, 2.24) is 9.88 Å². The quantitative estimate of drug-likeness (QED) is 0.394. The van der Waals surface area contributed by atoms with E-state index in [9.17, 15) is 0 Å². The van der Waals surface area contributed by atoms with Crippen LogP contribution in [0.15, 0.2) is 66.9 Å². The Balaban J connectivity index is 0.000000356. The first kappa shape index (κ1) is 26.1. The van der Waals surface area contributed by atoms with Crippen molar-refractivity contribution in [2.24, 2.45) is 0 Å². The molecule has 0 saturated carbocycles. The number of hydrogen-bond acceptors (Lipinski definition) is 5. The first-order valence-corrected chi connectivity index (χ1v) is 13.1. The molecule has 0 N–H and O–H groups in total. The number of aromatic nitrogens is 1. The molecule has 0 unspecified atom stereocenters. The normalized spacial score (nSPS) is 16.9. The van der Waals surface area contributed by atoms with Crippen molar-refractivity contribution in [3.05, 3.63) is 87.5 Å². The second-order valence-electron chi connectivity index (χ2n) is 8.63. The molecule has 2 saturated heterocycles. The van der Waals surface area contributed by atoms with E-state index in [1.807, 2.05) is 54.7 Å². The molecule has 2 aromatic carbocycles. The second-order valence-corrected chi connectivity index (χ2v) is 9.91. The van der Waals surface area contributed by atoms with Gasteiger partial charge in [0, 0.05) is 62.1 Å². The van der Waals surface area contributed by atoms with Gasteiger partial charge in [-0.3, -0.25) is 4.90 Å². The van der Waals surface area contributed by atoms with Gasteiger partial charge in [-0.25, -0.2) is 4.98 Å². The predicted octanol–water partition coefficient (Wildman–Crippen LogP) is 6.28. The molecule has 0 aliphatic carbocycles. The van der Waals surface area contributed by atoms with Crippen LogP contribution < -0.4 is 9.80 Å². The van der Waals surface area contributed by atoms with Crippen LogP contribution in [0.25, 0.3) is 0 Å². The molecule has 2 aliphatic rings. The third-order valence-corrected chi connectivity index (χ3v) is 6.91. The van der Waals surface area contributed by atoms with Crippen LogP contribution in [0.5, 0.6) is 0 Å². The fraction of sp³-hybridized carbons (Fsp3) is 0.370. The smallest absolute Gasteiger partial charge is 0.128 e. The van der Waals surface area contributed by atoms with Gasteiger partial charge in [0.1, 0.15) is 5.82 Å². The van der Waals surface area contributed by atoms with Crippen LogP contribution in [-0.4, -0.2) is 62.4 Å². The van der Waals surface area contributed by atoms with Gasteiger partial charge in [-0.1, -0.05) is 59.1 Å². The zero-order chi connectivity index (χ0) is 24.5. The molecule has 186 valence electrons. The Kier molecular flexibility index (Phi) is 9.93. The Bertz CT molecular complexity index is 1050. The van der Waals surface area contributed by atoms with Crippen LogP contribution in [-0.2, 0) is 11.3 Å². The summed E-state index contributed by atoms with van der Waals surface area (Å²) in [6, 6.07) is 19.5. The third kappa shape index (κ3) is 7.99. The highest BCUT2D eigenvalue weighted by atomic mass is 35.5. The fourth-order valence-corrected chi connectivity index (χ4v) is 4.94. The number of ether oxygens (including phenoxy) is 1. The van der Waals surface area contributed by atoms with Crippen LogP contribution in [0.3, 0.4) is 0 Å². The molecular weight excluding hydrogens is 503 g/mol. The van der Waals surface area contributed by atoms with Crippen molar-refractivity contribution >= 4 is 46.3 Å². The maximum Gasteiger partial charge on any atom is 0.128 e. The lowest BCUT2D eigenvalue weighted by Crippen LogP contribution is -2.36. The number of morpholine rings is 1. The minimum absolute atomic E-state index is 0.679. The molecule has 0 radical (unpaired) electrons. The number of rotatable bonds is 4. The van der Waals surface area contributed by atoms with Crippen LogP contribution in [0.4, 0.5) is 11.5 Å². The summed E-state index contributed by atoms with van der Waals surface area (Å²) < 4.78 is 5.42. The molecule has 1 aromatic heterocycles. The van der Waals surface area contributed by atoms with E-state index in [1.165, 1.54) is 5.56 Å². The maximum absolute atomic E-state index is 6.40. The number of pyridine rings is 1. The van der Waals surface area contributed by atoms with Crippen molar-refractivity contribution in [1.29, 1.82) is 0 Å². The zero-order valence-electron chi connectivity index (χ0n) is 19.8. The Hall–Kier alpha value is -2.02. The van der Waals surface area contributed by atoms with Crippen LogP contribution in [0.1, 0.15) is 12.0 Å². The summed E-state index contributed by atoms with van der Waals surface area (Å²) in [6.45, 7) is 8.38. The molecule has 5 rings (SSSR count). The highest BCUT2D eigenvalue weighted by Crippen LogP contribution is 2.29. The van der Waals surface area contributed by atoms with Gasteiger partial charge in [0.15, 0.2) is 0 Å². The lowest BCUT2D eigenvalue weighted by atomic mass is 10.2. The third-order valence-electron chi connectivity index (χ3n) is 6.12. The Morgan fingerprint density at radius 3 is 2.20 bits per heavy atom. The molecule has 8 heteroatoms. The number of anilines is 2. The molecule has 0 amide bonds. The SMILES string of the molecule is Clc1ccc(N2CCCN(Cc3ccc(N4CCOCC4)nc3)CC2)c(Cl)c1.Clc1ccccc1. The molecule has 3 aromatic rings. The molecule has 5 nitrogen and oxygen atoms in total. The minimum atomic E-state index is 0.679. The van der Waals surface area contributed by atoms with Gasteiger partial charge >= 0.3 is 0 Å². The average Bonchev–Trinajstić information content (AvgIpc) is 3.11. The standard InChI is InChI=1S/C21H26Cl2N4O.C6H5Cl/c22-18-3-4-20(19(23)14-18)26-7-1-6-25(8-9-26)16-17-2-5-21(24-15-17)27-10-12-28-13-11-27;7-6-4-2-1-3-5-6/h2-5,14-15H,1,6-13,16H2;1-5H. The van der Waals surface area contributed by atoms with Gasteiger partial charge in [-0.05, 0) is 48.4 Å². The molecule has 0 bridgehead atoms. The van der Waals surface area contributed by atoms with E-state index in [4.69, 9.17) is 39.5 Å². The van der Waals surface area contributed by atoms with Gasteiger partial charge in [0.2, 0.25) is 0 Å². The minimum Gasteiger partial charge on any atom is -0.378 e. The van der Waals surface area contributed by atoms with Crippen molar-refractivity contribution < 1.29 is 4.74 Å². The Morgan fingerprint density at radius 2 is 1.54 bits per heavy atom. The lowest BCUT2D eigenvalue weighted by molar-refractivity contribution is 0.122. The summed E-state index contributed by atoms with van der Waals surface area (Å²) in [5.41, 5.74) is 2.33. The molecule has 0 spiro atoms. The van der Waals surface area contributed by atoms with E-state index in [1.54, 1.807) is 0 Å². The largest absolute Gasteiger partial charge is 0.378 e. The molecule has 2 aliphatic heterocycles. The fourth-order valence-electron chi connectivity index (χ4n) is 4.27. The highest BCUT2D eigenvalue weighted by molar-refractivity contribution is 6.36. The molecule has 0 atom stereocenters. The average molecular weight is 534 g/mol. The van der Waals surface area contributed by atoms with Gasteiger partial charge in [0.05, 0.1) is 23.9 Å². The summed E-state index contributed by atoms with van der Waals surface area (Å²) in [6.07, 6.45) is 3.13. The summed E-state index contributed by atoms with van der Waals surface area (Å²) in [5, 5.41) is 2.20. The lowest BCUT2D eigenvalue weighted by Gasteiger charge is -2.28. The van der Waals surface area contributed by atoms with Gasteiger partial charge in [0.25, 0.3) is 0 Å². The maximum atomic E-state index is 6.40. The summed E-state index contributed by atoms with van der Waals surface area (Å²) in [7, 11) is 0. The number of nitrogens with zero attached hydrogens (tertiary/aromatic N) is 4. The van der Waals surface area contributed by atoms with Crippen molar-refractivity contribution in [2.45, 2.75) is 13.0 Å². The first-order valence-electron chi connectivity index (χ1n) is 12.0. The predicted molar refractivity (Wildman–Crippen MR) is 147 cm³/mol. The van der Waals surface area contributed by atoms with Crippen molar-refractivity contribution in [3.8, 4) is 0 Å². The summed E-state index contributed by atoms with van der Waals surface area (Å²) >= 11 is 18.0. The van der Waals surface area contributed by atoms with Gasteiger partial charge in [-0.2, -0.15) is 0 Å². The number of halogens is 3. The van der Waals surface area contributed by atoms with Gasteiger partial charge in [-0.15, -0.1) is 0 Å². The molecule has 2 fully saturated rings. The number of benzene rings is 2. The topological polar surface area (TPSA) is 31.8 Å². The monoisotopic (exact) mass is 532 g/mol. The van der Waals surface area contributed by atoms with Crippen molar-refractivity contribution in [3.63, 3.8) is 0 Å². The van der Waals surface area contributed by atoms with E-state index in [-0.39, 0.29) is 0 Å². The van der Waals surface area contributed by atoms with Crippen LogP contribution in [0.2, 0.25) is 15.1 Å². The summed E-state index contributed by atoms with van der Waals surface area (Å²) in [5.74, 6) is 1.05.